The highest BCUT2D eigenvalue weighted by Crippen LogP contribution is 2.31. The smallest absolute Gasteiger partial charge is 0.231 e. The molecule has 0 atom stereocenters. The van der Waals surface area contributed by atoms with Crippen LogP contribution >= 0.6 is 15.9 Å². The molecule has 1 amide bonds. The van der Waals surface area contributed by atoms with Gasteiger partial charge in [-0.25, -0.2) is 0 Å². The molecule has 0 fully saturated rings. The van der Waals surface area contributed by atoms with E-state index in [2.05, 4.69) is 15.9 Å². The number of hydrogen-bond acceptors (Lipinski definition) is 1. The second-order valence-electron chi connectivity index (χ2n) is 3.09. The Kier molecular flexibility index (Phi) is 2.12. The summed E-state index contributed by atoms with van der Waals surface area (Å²) in [4.78, 5) is 13.3. The van der Waals surface area contributed by atoms with E-state index in [0.29, 0.717) is 6.42 Å². The number of nitrogens with zero attached hydrogens (tertiary/aromatic N) is 1. The van der Waals surface area contributed by atoms with Crippen LogP contribution in [0.1, 0.15) is 12.5 Å². The fraction of sp³-hybridized carbons (Fsp3) is 0.300. The van der Waals surface area contributed by atoms with Crippen molar-refractivity contribution in [1.29, 1.82) is 0 Å². The van der Waals surface area contributed by atoms with Gasteiger partial charge in [-0.05, 0) is 24.6 Å². The fourth-order valence-electron chi connectivity index (χ4n) is 1.68. The first-order valence-corrected chi connectivity index (χ1v) is 5.10. The van der Waals surface area contributed by atoms with Crippen LogP contribution in [0.2, 0.25) is 0 Å². The van der Waals surface area contributed by atoms with Crippen molar-refractivity contribution in [2.75, 3.05) is 11.4 Å². The van der Waals surface area contributed by atoms with Crippen LogP contribution in [0.3, 0.4) is 0 Å². The van der Waals surface area contributed by atoms with Crippen LogP contribution in [0.4, 0.5) is 5.69 Å². The Hall–Kier alpha value is -0.830. The van der Waals surface area contributed by atoms with Gasteiger partial charge in [-0.2, -0.15) is 0 Å². The largest absolute Gasteiger partial charge is 0.312 e. The lowest BCUT2D eigenvalue weighted by Crippen LogP contribution is -2.25. The van der Waals surface area contributed by atoms with Gasteiger partial charge in [-0.15, -0.1) is 0 Å². The van der Waals surface area contributed by atoms with E-state index >= 15 is 0 Å². The molecule has 0 radical (unpaired) electrons. The summed E-state index contributed by atoms with van der Waals surface area (Å²) < 4.78 is 1.03. The first-order chi connectivity index (χ1) is 6.22. The van der Waals surface area contributed by atoms with E-state index in [1.54, 1.807) is 0 Å². The minimum absolute atomic E-state index is 0.204. The third-order valence-electron chi connectivity index (χ3n) is 2.30. The molecule has 13 heavy (non-hydrogen) atoms. The summed E-state index contributed by atoms with van der Waals surface area (Å²) in [7, 11) is 0. The van der Waals surface area contributed by atoms with E-state index in [1.165, 1.54) is 0 Å². The SMILES string of the molecule is CCN1C(=O)Cc2ccc(Br)cc21. The highest BCUT2D eigenvalue weighted by Gasteiger charge is 2.25. The van der Waals surface area contributed by atoms with Crippen molar-refractivity contribution in [2.24, 2.45) is 0 Å². The average molecular weight is 240 g/mol. The van der Waals surface area contributed by atoms with Gasteiger partial charge < -0.3 is 4.90 Å². The predicted molar refractivity (Wildman–Crippen MR) is 55.9 cm³/mol. The molecule has 1 heterocycles. The Bertz CT molecular complexity index is 362. The van der Waals surface area contributed by atoms with Crippen LogP contribution in [-0.2, 0) is 11.2 Å². The molecule has 0 unspecified atom stereocenters. The minimum Gasteiger partial charge on any atom is -0.312 e. The van der Waals surface area contributed by atoms with E-state index in [1.807, 2.05) is 30.0 Å². The maximum atomic E-state index is 11.5. The molecule has 68 valence electrons. The molecule has 1 aromatic carbocycles. The first kappa shape index (κ1) is 8.75. The Morgan fingerprint density at radius 1 is 1.54 bits per heavy atom. The van der Waals surface area contributed by atoms with Crippen LogP contribution in [-0.4, -0.2) is 12.5 Å². The normalized spacial score (nSPS) is 14.9. The lowest BCUT2D eigenvalue weighted by Gasteiger charge is -2.14. The second kappa shape index (κ2) is 3.14. The highest BCUT2D eigenvalue weighted by atomic mass is 79.9. The van der Waals surface area contributed by atoms with Gasteiger partial charge in [0.2, 0.25) is 5.91 Å². The number of halogens is 1. The van der Waals surface area contributed by atoms with Gasteiger partial charge in [0, 0.05) is 16.7 Å². The molecule has 1 aliphatic heterocycles. The van der Waals surface area contributed by atoms with E-state index in [4.69, 9.17) is 0 Å². The van der Waals surface area contributed by atoms with Gasteiger partial charge in [0.15, 0.2) is 0 Å². The van der Waals surface area contributed by atoms with Crippen molar-refractivity contribution >= 4 is 27.5 Å². The summed E-state index contributed by atoms with van der Waals surface area (Å²) in [6, 6.07) is 5.99. The number of likely N-dealkylation sites (N-methyl/N-ethyl adjacent to an activating group) is 1. The Balaban J connectivity index is 2.50. The summed E-state index contributed by atoms with van der Waals surface area (Å²) in [5, 5.41) is 0. The van der Waals surface area contributed by atoms with E-state index < -0.39 is 0 Å². The number of benzene rings is 1. The predicted octanol–water partition coefficient (Wildman–Crippen LogP) is 2.36. The topological polar surface area (TPSA) is 20.3 Å². The van der Waals surface area contributed by atoms with Crippen molar-refractivity contribution in [3.8, 4) is 0 Å². The molecule has 2 rings (SSSR count). The maximum Gasteiger partial charge on any atom is 0.231 e. The molecule has 0 aromatic heterocycles. The van der Waals surface area contributed by atoms with Gasteiger partial charge in [-0.3, -0.25) is 4.79 Å². The third-order valence-corrected chi connectivity index (χ3v) is 2.79. The van der Waals surface area contributed by atoms with Crippen LogP contribution in [0.15, 0.2) is 22.7 Å². The molecule has 3 heteroatoms. The Morgan fingerprint density at radius 3 is 3.00 bits per heavy atom. The van der Waals surface area contributed by atoms with Gasteiger partial charge >= 0.3 is 0 Å². The lowest BCUT2D eigenvalue weighted by atomic mass is 10.2. The quantitative estimate of drug-likeness (QED) is 0.737. The van der Waals surface area contributed by atoms with E-state index in [9.17, 15) is 4.79 Å². The van der Waals surface area contributed by atoms with Crippen LogP contribution in [0.5, 0.6) is 0 Å². The number of hydrogen-bond donors (Lipinski definition) is 0. The number of rotatable bonds is 1. The standard InChI is InChI=1S/C10H10BrNO/c1-2-12-9-6-8(11)4-3-7(9)5-10(12)13/h3-4,6H,2,5H2,1H3. The summed E-state index contributed by atoms with van der Waals surface area (Å²) in [6.45, 7) is 2.75. The molecule has 1 aliphatic rings. The highest BCUT2D eigenvalue weighted by molar-refractivity contribution is 9.10. The average Bonchev–Trinajstić information content (AvgIpc) is 2.40. The summed E-state index contributed by atoms with van der Waals surface area (Å²) in [5.74, 6) is 0.204. The van der Waals surface area contributed by atoms with E-state index in [0.717, 1.165) is 22.3 Å². The van der Waals surface area contributed by atoms with Crippen LogP contribution in [0.25, 0.3) is 0 Å². The van der Waals surface area contributed by atoms with Crippen molar-refractivity contribution in [2.45, 2.75) is 13.3 Å². The first-order valence-electron chi connectivity index (χ1n) is 4.31. The summed E-state index contributed by atoms with van der Waals surface area (Å²) in [5.41, 5.74) is 2.19. The number of amides is 1. The molecular weight excluding hydrogens is 230 g/mol. The Morgan fingerprint density at radius 2 is 2.31 bits per heavy atom. The molecule has 0 spiro atoms. The van der Waals surface area contributed by atoms with Crippen LogP contribution in [0, 0.1) is 0 Å². The number of anilines is 1. The van der Waals surface area contributed by atoms with E-state index in [-0.39, 0.29) is 5.91 Å². The maximum absolute atomic E-state index is 11.5. The zero-order chi connectivity index (χ0) is 9.42. The summed E-state index contributed by atoms with van der Waals surface area (Å²) >= 11 is 3.40. The number of carbonyl (C=O) groups is 1. The molecular formula is C10H10BrNO. The van der Waals surface area contributed by atoms with Crippen molar-refractivity contribution in [3.05, 3.63) is 28.2 Å². The molecule has 2 nitrogen and oxygen atoms in total. The molecule has 0 N–H and O–H groups in total. The number of fused-ring (bicyclic) bond motifs is 1. The molecule has 0 saturated carbocycles. The van der Waals surface area contributed by atoms with Crippen molar-refractivity contribution in [1.82, 2.24) is 0 Å². The molecule has 0 bridgehead atoms. The van der Waals surface area contributed by atoms with Gasteiger partial charge in [-0.1, -0.05) is 22.0 Å². The van der Waals surface area contributed by atoms with Crippen molar-refractivity contribution in [3.63, 3.8) is 0 Å². The fourth-order valence-corrected chi connectivity index (χ4v) is 2.03. The zero-order valence-electron chi connectivity index (χ0n) is 7.38. The third kappa shape index (κ3) is 1.37. The molecule has 1 aromatic rings. The second-order valence-corrected chi connectivity index (χ2v) is 4.00. The minimum atomic E-state index is 0.204. The van der Waals surface area contributed by atoms with Gasteiger partial charge in [0.05, 0.1) is 6.42 Å². The van der Waals surface area contributed by atoms with Crippen molar-refractivity contribution < 1.29 is 4.79 Å². The zero-order valence-corrected chi connectivity index (χ0v) is 8.97. The molecule has 0 aliphatic carbocycles. The Labute approximate surface area is 85.7 Å². The lowest BCUT2D eigenvalue weighted by molar-refractivity contribution is -0.117. The summed E-state index contributed by atoms with van der Waals surface area (Å²) in [6.07, 6.45) is 0.552. The van der Waals surface area contributed by atoms with Gasteiger partial charge in [0.25, 0.3) is 0 Å². The molecule has 0 saturated heterocycles. The van der Waals surface area contributed by atoms with Gasteiger partial charge in [0.1, 0.15) is 0 Å². The number of carbonyl (C=O) groups excluding carboxylic acids is 1. The van der Waals surface area contributed by atoms with Crippen LogP contribution < -0.4 is 4.90 Å². The monoisotopic (exact) mass is 239 g/mol.